The first-order valence-electron chi connectivity index (χ1n) is 6.50. The van der Waals surface area contributed by atoms with Crippen LogP contribution in [0.15, 0.2) is 23.0 Å². The first-order chi connectivity index (χ1) is 8.58. The molecule has 0 spiro atoms. The Labute approximate surface area is 106 Å². The second-order valence-electron chi connectivity index (χ2n) is 5.09. The van der Waals surface area contributed by atoms with Gasteiger partial charge in [-0.15, -0.1) is 0 Å². The highest BCUT2D eigenvalue weighted by Crippen LogP contribution is 2.33. The van der Waals surface area contributed by atoms with Crippen molar-refractivity contribution in [3.8, 4) is 0 Å². The minimum absolute atomic E-state index is 0.209. The fourth-order valence-corrected chi connectivity index (χ4v) is 2.99. The maximum Gasteiger partial charge on any atom is 0.330 e. The molecule has 1 aliphatic carbocycles. The molecular formula is C14H19NO3. The number of pyridine rings is 1. The fraction of sp³-hybridized carbons (Fsp3) is 0.571. The predicted molar refractivity (Wildman–Crippen MR) is 68.8 cm³/mol. The summed E-state index contributed by atoms with van der Waals surface area (Å²) < 4.78 is 1.49. The van der Waals surface area contributed by atoms with Gasteiger partial charge in [-0.1, -0.05) is 31.7 Å². The molecule has 1 aromatic rings. The molecule has 0 atom stereocenters. The van der Waals surface area contributed by atoms with Gasteiger partial charge in [0.1, 0.15) is 5.54 Å². The van der Waals surface area contributed by atoms with Gasteiger partial charge in [0, 0.05) is 11.8 Å². The number of hydrogen-bond acceptors (Lipinski definition) is 2. The van der Waals surface area contributed by atoms with Crippen molar-refractivity contribution in [3.63, 3.8) is 0 Å². The van der Waals surface area contributed by atoms with Gasteiger partial charge in [0.25, 0.3) is 5.56 Å². The van der Waals surface area contributed by atoms with Crippen LogP contribution in [0.2, 0.25) is 0 Å². The summed E-state index contributed by atoms with van der Waals surface area (Å²) in [6, 6.07) is 4.93. The number of hydrogen-bond donors (Lipinski definition) is 1. The minimum atomic E-state index is -1.04. The van der Waals surface area contributed by atoms with Crippen molar-refractivity contribution in [2.24, 2.45) is 0 Å². The smallest absolute Gasteiger partial charge is 0.330 e. The van der Waals surface area contributed by atoms with Crippen molar-refractivity contribution < 1.29 is 9.90 Å². The molecule has 1 fully saturated rings. The summed E-state index contributed by atoms with van der Waals surface area (Å²) in [4.78, 5) is 23.8. The van der Waals surface area contributed by atoms with Crippen LogP contribution in [-0.2, 0) is 10.3 Å². The molecule has 1 heterocycles. The third-order valence-electron chi connectivity index (χ3n) is 3.91. The zero-order chi connectivity index (χ0) is 13.2. The Morgan fingerprint density at radius 3 is 2.33 bits per heavy atom. The summed E-state index contributed by atoms with van der Waals surface area (Å²) >= 11 is 0. The van der Waals surface area contributed by atoms with Crippen molar-refractivity contribution in [2.75, 3.05) is 0 Å². The molecule has 1 aliphatic rings. The van der Waals surface area contributed by atoms with Gasteiger partial charge in [0.05, 0.1) is 0 Å². The van der Waals surface area contributed by atoms with Crippen LogP contribution in [0.5, 0.6) is 0 Å². The molecule has 1 saturated carbocycles. The lowest BCUT2D eigenvalue weighted by molar-refractivity contribution is -0.148. The van der Waals surface area contributed by atoms with E-state index in [1.165, 1.54) is 10.6 Å². The van der Waals surface area contributed by atoms with E-state index in [0.717, 1.165) is 31.4 Å². The lowest BCUT2D eigenvalue weighted by atomic mass is 9.89. The van der Waals surface area contributed by atoms with Crippen LogP contribution in [0.1, 0.15) is 44.2 Å². The van der Waals surface area contributed by atoms with Crippen LogP contribution in [0.25, 0.3) is 0 Å². The average Bonchev–Trinajstić information content (AvgIpc) is 2.55. The molecule has 0 aliphatic heterocycles. The highest BCUT2D eigenvalue weighted by Gasteiger charge is 2.41. The van der Waals surface area contributed by atoms with Crippen LogP contribution in [0.4, 0.5) is 0 Å². The normalized spacial score (nSPS) is 19.2. The van der Waals surface area contributed by atoms with Crippen LogP contribution in [-0.4, -0.2) is 15.6 Å². The van der Waals surface area contributed by atoms with E-state index < -0.39 is 11.5 Å². The van der Waals surface area contributed by atoms with E-state index in [0.29, 0.717) is 12.8 Å². The standard InChI is InChI=1S/C14H19NO3/c1-11-7-6-8-12(16)15(11)14(13(17)18)9-4-2-3-5-10-14/h6-8H,2-5,9-10H2,1H3,(H,17,18). The Morgan fingerprint density at radius 2 is 1.83 bits per heavy atom. The van der Waals surface area contributed by atoms with Crippen molar-refractivity contribution in [2.45, 2.75) is 51.0 Å². The van der Waals surface area contributed by atoms with E-state index in [4.69, 9.17) is 0 Å². The van der Waals surface area contributed by atoms with Gasteiger partial charge in [-0.3, -0.25) is 9.36 Å². The van der Waals surface area contributed by atoms with E-state index in [1.807, 2.05) is 0 Å². The van der Waals surface area contributed by atoms with Gasteiger partial charge in [-0.05, 0) is 25.8 Å². The summed E-state index contributed by atoms with van der Waals surface area (Å²) in [6.07, 6.45) is 4.94. The molecule has 0 radical (unpaired) electrons. The molecule has 1 N–H and O–H groups in total. The first-order valence-corrected chi connectivity index (χ1v) is 6.50. The fourth-order valence-electron chi connectivity index (χ4n) is 2.99. The number of aromatic nitrogens is 1. The molecule has 0 aromatic carbocycles. The van der Waals surface area contributed by atoms with E-state index >= 15 is 0 Å². The van der Waals surface area contributed by atoms with E-state index in [2.05, 4.69) is 0 Å². The van der Waals surface area contributed by atoms with E-state index in [1.54, 1.807) is 19.1 Å². The minimum Gasteiger partial charge on any atom is -0.479 e. The highest BCUT2D eigenvalue weighted by molar-refractivity contribution is 5.77. The van der Waals surface area contributed by atoms with Gasteiger partial charge < -0.3 is 5.11 Å². The number of aryl methyl sites for hydroxylation is 1. The van der Waals surface area contributed by atoms with Crippen molar-refractivity contribution in [1.29, 1.82) is 0 Å². The molecule has 0 unspecified atom stereocenters. The van der Waals surface area contributed by atoms with Gasteiger partial charge in [-0.25, -0.2) is 4.79 Å². The van der Waals surface area contributed by atoms with Gasteiger partial charge in [0.2, 0.25) is 0 Å². The Bertz CT molecular complexity index is 496. The van der Waals surface area contributed by atoms with Crippen LogP contribution < -0.4 is 5.56 Å². The average molecular weight is 249 g/mol. The molecule has 0 amide bonds. The van der Waals surface area contributed by atoms with Crippen molar-refractivity contribution in [3.05, 3.63) is 34.2 Å². The van der Waals surface area contributed by atoms with Crippen LogP contribution in [0, 0.1) is 6.92 Å². The molecule has 2 rings (SSSR count). The Kier molecular flexibility index (Phi) is 3.55. The molecule has 4 heteroatoms. The third kappa shape index (κ3) is 2.07. The lowest BCUT2D eigenvalue weighted by Gasteiger charge is -2.32. The summed E-state index contributed by atoms with van der Waals surface area (Å²) in [5.41, 5.74) is -0.523. The summed E-state index contributed by atoms with van der Waals surface area (Å²) in [5, 5.41) is 9.66. The predicted octanol–water partition coefficient (Wildman–Crippen LogP) is 2.29. The zero-order valence-corrected chi connectivity index (χ0v) is 10.7. The number of carboxylic acid groups (broad SMARTS) is 1. The third-order valence-corrected chi connectivity index (χ3v) is 3.91. The molecule has 1 aromatic heterocycles. The van der Waals surface area contributed by atoms with Gasteiger partial charge in [0.15, 0.2) is 0 Å². The molecule has 4 nitrogen and oxygen atoms in total. The molecule has 0 bridgehead atoms. The second-order valence-corrected chi connectivity index (χ2v) is 5.09. The summed E-state index contributed by atoms with van der Waals surface area (Å²) in [7, 11) is 0. The molecular weight excluding hydrogens is 230 g/mol. The number of nitrogens with zero attached hydrogens (tertiary/aromatic N) is 1. The topological polar surface area (TPSA) is 59.3 Å². The summed E-state index contributed by atoms with van der Waals surface area (Å²) in [5.74, 6) is -0.874. The second kappa shape index (κ2) is 4.96. The van der Waals surface area contributed by atoms with Crippen molar-refractivity contribution in [1.82, 2.24) is 4.57 Å². The number of carboxylic acids is 1. The lowest BCUT2D eigenvalue weighted by Crippen LogP contribution is -2.48. The highest BCUT2D eigenvalue weighted by atomic mass is 16.4. The monoisotopic (exact) mass is 249 g/mol. The zero-order valence-electron chi connectivity index (χ0n) is 10.7. The number of carbonyl (C=O) groups is 1. The van der Waals surface area contributed by atoms with Gasteiger partial charge in [-0.2, -0.15) is 0 Å². The Hall–Kier alpha value is -1.58. The quantitative estimate of drug-likeness (QED) is 0.818. The maximum absolute atomic E-state index is 12.1. The first kappa shape index (κ1) is 12.9. The molecule has 0 saturated heterocycles. The van der Waals surface area contributed by atoms with Crippen molar-refractivity contribution >= 4 is 5.97 Å². The Morgan fingerprint density at radius 1 is 1.22 bits per heavy atom. The van der Waals surface area contributed by atoms with E-state index in [-0.39, 0.29) is 5.56 Å². The largest absolute Gasteiger partial charge is 0.479 e. The van der Waals surface area contributed by atoms with Gasteiger partial charge >= 0.3 is 5.97 Å². The van der Waals surface area contributed by atoms with Crippen LogP contribution >= 0.6 is 0 Å². The number of rotatable bonds is 2. The summed E-state index contributed by atoms with van der Waals surface area (Å²) in [6.45, 7) is 1.80. The van der Waals surface area contributed by atoms with E-state index in [9.17, 15) is 14.7 Å². The van der Waals surface area contributed by atoms with Crippen LogP contribution in [0.3, 0.4) is 0 Å². The Balaban J connectivity index is 2.60. The SMILES string of the molecule is Cc1cccc(=O)n1C1(C(=O)O)CCCCCC1. The molecule has 18 heavy (non-hydrogen) atoms. The number of aliphatic carboxylic acids is 1. The maximum atomic E-state index is 12.1. The molecule has 98 valence electrons.